The van der Waals surface area contributed by atoms with Crippen LogP contribution in [0.5, 0.6) is 0 Å². The molecule has 0 radical (unpaired) electrons. The fraction of sp³-hybridized carbons (Fsp3) is 0.500. The molecular weight excluding hydrogens is 452 g/mol. The zero-order valence-corrected chi connectivity index (χ0v) is 20.6. The topological polar surface area (TPSA) is 90.2 Å². The van der Waals surface area contributed by atoms with E-state index in [2.05, 4.69) is 17.5 Å². The summed E-state index contributed by atoms with van der Waals surface area (Å²) in [7, 11) is 0. The molecule has 2 unspecified atom stereocenters. The van der Waals surface area contributed by atoms with Gasteiger partial charge in [-0.1, -0.05) is 55.7 Å². The van der Waals surface area contributed by atoms with Crippen molar-refractivity contribution in [3.63, 3.8) is 0 Å². The molecule has 5 rings (SSSR count). The van der Waals surface area contributed by atoms with Gasteiger partial charge in [0.05, 0.1) is 11.3 Å². The minimum atomic E-state index is -0.500. The number of nitrogens with zero attached hydrogens (tertiary/aromatic N) is 5. The minimum Gasteiger partial charge on any atom is -0.308 e. The highest BCUT2D eigenvalue weighted by Crippen LogP contribution is 2.35. The zero-order valence-electron chi connectivity index (χ0n) is 19.8. The maximum Gasteiger partial charge on any atom is 0.323 e. The fourth-order valence-electron chi connectivity index (χ4n) is 5.19. The Bertz CT molecular complexity index is 1310. The Balaban J connectivity index is 1.64. The van der Waals surface area contributed by atoms with Gasteiger partial charge in [0.2, 0.25) is 4.80 Å². The molecular formula is C24H30N6O3S. The van der Waals surface area contributed by atoms with Gasteiger partial charge in [-0.25, -0.2) is 4.79 Å². The third-order valence-corrected chi connectivity index (χ3v) is 7.92. The summed E-state index contributed by atoms with van der Waals surface area (Å²) < 4.78 is 1.97. The van der Waals surface area contributed by atoms with Crippen molar-refractivity contribution in [2.45, 2.75) is 58.8 Å². The molecule has 9 nitrogen and oxygen atoms in total. The van der Waals surface area contributed by atoms with E-state index in [1.807, 2.05) is 38.1 Å². The lowest BCUT2D eigenvalue weighted by Gasteiger charge is -2.29. The van der Waals surface area contributed by atoms with Crippen LogP contribution in [0, 0.1) is 0 Å². The van der Waals surface area contributed by atoms with E-state index in [9.17, 15) is 14.4 Å². The molecule has 4 heterocycles. The number of likely N-dealkylation sites (N-methyl/N-ethyl adjacent to an activating group) is 2. The lowest BCUT2D eigenvalue weighted by molar-refractivity contribution is -0.113. The number of unbranched alkanes of at least 4 members (excludes halogenated alkanes) is 3. The number of hydrogen-bond donors (Lipinski definition) is 1. The van der Waals surface area contributed by atoms with Crippen molar-refractivity contribution in [1.29, 1.82) is 0 Å². The largest absolute Gasteiger partial charge is 0.323 e. The van der Waals surface area contributed by atoms with Gasteiger partial charge in [-0.05, 0) is 26.3 Å². The van der Waals surface area contributed by atoms with Crippen LogP contribution in [-0.2, 0) is 4.79 Å². The number of carbonyl (C=O) groups excluding carboxylic acids is 2. The third kappa shape index (κ3) is 3.26. The molecule has 1 fully saturated rings. The highest BCUT2D eigenvalue weighted by atomic mass is 32.1. The van der Waals surface area contributed by atoms with Crippen molar-refractivity contribution in [1.82, 2.24) is 19.8 Å². The Hall–Kier alpha value is -3.14. The second-order valence-corrected chi connectivity index (χ2v) is 9.73. The molecule has 2 atom stereocenters. The van der Waals surface area contributed by atoms with E-state index in [1.54, 1.807) is 19.3 Å². The van der Waals surface area contributed by atoms with Crippen LogP contribution in [0.15, 0.2) is 34.2 Å². The summed E-state index contributed by atoms with van der Waals surface area (Å²) in [5.41, 5.74) is 4.89. The predicted molar refractivity (Wildman–Crippen MR) is 131 cm³/mol. The van der Waals surface area contributed by atoms with Crippen molar-refractivity contribution < 1.29 is 9.59 Å². The van der Waals surface area contributed by atoms with Gasteiger partial charge >= 0.3 is 6.03 Å². The van der Waals surface area contributed by atoms with Gasteiger partial charge < -0.3 is 4.90 Å². The molecule has 180 valence electrons. The van der Waals surface area contributed by atoms with E-state index in [-0.39, 0.29) is 17.5 Å². The van der Waals surface area contributed by atoms with Gasteiger partial charge in [-0.2, -0.15) is 0 Å². The third-order valence-electron chi connectivity index (χ3n) is 6.87. The summed E-state index contributed by atoms with van der Waals surface area (Å²) >= 11 is 1.21. The van der Waals surface area contributed by atoms with Crippen LogP contribution < -0.4 is 25.2 Å². The average Bonchev–Trinajstić information content (AvgIpc) is 3.42. The molecule has 10 heteroatoms. The highest BCUT2D eigenvalue weighted by molar-refractivity contribution is 7.07. The van der Waals surface area contributed by atoms with Crippen LogP contribution in [0.25, 0.3) is 5.57 Å². The van der Waals surface area contributed by atoms with Crippen LogP contribution in [-0.4, -0.2) is 52.1 Å². The molecule has 0 bridgehead atoms. The summed E-state index contributed by atoms with van der Waals surface area (Å²) in [6.45, 7) is 7.59. The zero-order chi connectivity index (χ0) is 24.0. The molecule has 0 spiro atoms. The van der Waals surface area contributed by atoms with Gasteiger partial charge in [0.25, 0.3) is 11.5 Å². The van der Waals surface area contributed by atoms with Crippen LogP contribution in [0.1, 0.15) is 58.2 Å². The van der Waals surface area contributed by atoms with Crippen molar-refractivity contribution in [2.24, 2.45) is 5.10 Å². The predicted octanol–water partition coefficient (Wildman–Crippen LogP) is 1.78. The quantitative estimate of drug-likeness (QED) is 0.609. The first-order chi connectivity index (χ1) is 16.5. The molecule has 1 N–H and O–H groups in total. The maximum atomic E-state index is 13.8. The monoisotopic (exact) mass is 482 g/mol. The lowest BCUT2D eigenvalue weighted by atomic mass is 10.1. The van der Waals surface area contributed by atoms with E-state index >= 15 is 0 Å². The number of nitrogens with one attached hydrogen (secondary N) is 1. The maximum absolute atomic E-state index is 13.8. The molecule has 3 amide bonds. The Kier molecular flexibility index (Phi) is 5.93. The summed E-state index contributed by atoms with van der Waals surface area (Å²) in [6, 6.07) is 7.55. The lowest BCUT2D eigenvalue weighted by Crippen LogP contribution is -2.53. The number of aromatic nitrogens is 1. The summed E-state index contributed by atoms with van der Waals surface area (Å²) in [6.07, 6.45) is 3.33. The van der Waals surface area contributed by atoms with Crippen LogP contribution >= 0.6 is 11.3 Å². The Morgan fingerprint density at radius 1 is 1.00 bits per heavy atom. The molecule has 0 aliphatic carbocycles. The number of urea groups is 1. The summed E-state index contributed by atoms with van der Waals surface area (Å²) in [5.74, 6) is -0.136. The van der Waals surface area contributed by atoms with Crippen molar-refractivity contribution in [3.8, 4) is 0 Å². The number of benzene rings is 1. The van der Waals surface area contributed by atoms with Gasteiger partial charge in [0, 0.05) is 25.2 Å². The molecule has 34 heavy (non-hydrogen) atoms. The van der Waals surface area contributed by atoms with Gasteiger partial charge in [-0.15, -0.1) is 5.10 Å². The second-order valence-electron chi connectivity index (χ2n) is 8.75. The van der Waals surface area contributed by atoms with Crippen molar-refractivity contribution in [2.75, 3.05) is 24.5 Å². The number of thiazole rings is 1. The van der Waals surface area contributed by atoms with Crippen LogP contribution in [0.2, 0.25) is 0 Å². The second kappa shape index (κ2) is 8.90. The van der Waals surface area contributed by atoms with Crippen molar-refractivity contribution >= 4 is 34.5 Å². The molecule has 1 aromatic heterocycles. The van der Waals surface area contributed by atoms with Crippen molar-refractivity contribution in [3.05, 3.63) is 49.5 Å². The first-order valence-electron chi connectivity index (χ1n) is 12.1. The van der Waals surface area contributed by atoms with Gasteiger partial charge in [0.1, 0.15) is 4.53 Å². The first kappa shape index (κ1) is 22.6. The molecule has 1 saturated heterocycles. The number of carbonyl (C=O) groups is 2. The van der Waals surface area contributed by atoms with Gasteiger partial charge in [0.15, 0.2) is 12.3 Å². The first-order valence-corrected chi connectivity index (χ1v) is 12.9. The van der Waals surface area contributed by atoms with Gasteiger partial charge in [-0.3, -0.25) is 29.4 Å². The molecule has 3 aliphatic heterocycles. The number of para-hydroxylation sites is 1. The number of hydrogen-bond acceptors (Lipinski definition) is 6. The Morgan fingerprint density at radius 2 is 1.76 bits per heavy atom. The molecule has 3 aliphatic rings. The molecule has 0 saturated carbocycles. The number of anilines is 1. The van der Waals surface area contributed by atoms with E-state index in [0.29, 0.717) is 34.5 Å². The Labute approximate surface area is 202 Å². The number of fused-ring (bicyclic) bond motifs is 4. The molecule has 2 aromatic rings. The van der Waals surface area contributed by atoms with Crippen LogP contribution in [0.4, 0.5) is 10.5 Å². The number of amides is 3. The summed E-state index contributed by atoms with van der Waals surface area (Å²) in [5, 5.41) is 4.43. The van der Waals surface area contributed by atoms with E-state index in [1.165, 1.54) is 11.3 Å². The summed E-state index contributed by atoms with van der Waals surface area (Å²) in [4.78, 5) is 46.0. The standard InChI is InChI=1S/C24H30N6O3S/c1-4-7-8-11-14-29-16-13-10-9-12-15(16)17(21(29)31)18-22(32)30-20-19(25-26-23(30)34-18)27(5-2)24(33)28(20)6-3/h9-10,12-13,19-20,25H,4-8,11,14H2,1-3H3/b18-17-. The normalized spacial score (nSPS) is 22.5. The van der Waals surface area contributed by atoms with Crippen LogP contribution in [0.3, 0.4) is 0 Å². The highest BCUT2D eigenvalue weighted by Gasteiger charge is 2.48. The minimum absolute atomic E-state index is 0.122. The fourth-order valence-corrected chi connectivity index (χ4v) is 6.24. The average molecular weight is 483 g/mol. The molecule has 1 aromatic carbocycles. The van der Waals surface area contributed by atoms with E-state index < -0.39 is 12.3 Å². The SMILES string of the molecule is CCCCCCN1C(=O)/C(=c2\sc3n(c2=O)C2C(NN=3)N(CC)C(=O)N2CC)c2ccccc21. The smallest absolute Gasteiger partial charge is 0.308 e. The number of rotatable bonds is 7. The Morgan fingerprint density at radius 3 is 2.50 bits per heavy atom. The van der Waals surface area contributed by atoms with E-state index in [0.717, 1.165) is 36.9 Å². The van der Waals surface area contributed by atoms with E-state index in [4.69, 9.17) is 0 Å².